The van der Waals surface area contributed by atoms with Gasteiger partial charge in [0.15, 0.2) is 6.61 Å². The van der Waals surface area contributed by atoms with Crippen molar-refractivity contribution in [2.24, 2.45) is 0 Å². The molecule has 2 aromatic rings. The van der Waals surface area contributed by atoms with Crippen molar-refractivity contribution in [3.63, 3.8) is 0 Å². The van der Waals surface area contributed by atoms with Gasteiger partial charge in [0.1, 0.15) is 5.75 Å². The number of hydrogen-bond acceptors (Lipinski definition) is 5. The minimum atomic E-state index is -0.543. The Kier molecular flexibility index (Phi) is 6.48. The van der Waals surface area contributed by atoms with Gasteiger partial charge in [0.25, 0.3) is 11.6 Å². The fourth-order valence-corrected chi connectivity index (χ4v) is 2.31. The maximum Gasteiger partial charge on any atom is 0.273 e. The summed E-state index contributed by atoms with van der Waals surface area (Å²) in [5.74, 6) is -0.529. The predicted molar refractivity (Wildman–Crippen MR) is 101 cm³/mol. The molecule has 0 aromatic heterocycles. The van der Waals surface area contributed by atoms with Crippen LogP contribution < -0.4 is 10.1 Å². The minimum absolute atomic E-state index is 0.124. The van der Waals surface area contributed by atoms with Crippen LogP contribution >= 0.6 is 0 Å². The van der Waals surface area contributed by atoms with Crippen molar-refractivity contribution in [1.82, 2.24) is 4.90 Å². The van der Waals surface area contributed by atoms with Crippen molar-refractivity contribution >= 4 is 23.2 Å². The lowest BCUT2D eigenvalue weighted by Gasteiger charge is -2.18. The van der Waals surface area contributed by atoms with E-state index in [0.717, 1.165) is 11.1 Å². The van der Waals surface area contributed by atoms with E-state index in [9.17, 15) is 19.7 Å². The summed E-state index contributed by atoms with van der Waals surface area (Å²) in [7, 11) is 1.49. The van der Waals surface area contributed by atoms with Crippen molar-refractivity contribution < 1.29 is 19.2 Å². The molecule has 0 fully saturated rings. The summed E-state index contributed by atoms with van der Waals surface area (Å²) in [4.78, 5) is 35.7. The first-order chi connectivity index (χ1) is 12.8. The summed E-state index contributed by atoms with van der Waals surface area (Å²) in [5.41, 5.74) is 2.53. The van der Waals surface area contributed by atoms with E-state index in [4.69, 9.17) is 4.74 Å². The van der Waals surface area contributed by atoms with Crippen LogP contribution in [0.2, 0.25) is 0 Å². The van der Waals surface area contributed by atoms with Crippen LogP contribution in [0.1, 0.15) is 11.1 Å². The van der Waals surface area contributed by atoms with Crippen LogP contribution in [0.5, 0.6) is 5.75 Å². The van der Waals surface area contributed by atoms with E-state index in [1.807, 2.05) is 32.0 Å². The predicted octanol–water partition coefficient (Wildman–Crippen LogP) is 2.69. The Morgan fingerprint density at radius 3 is 2.63 bits per heavy atom. The van der Waals surface area contributed by atoms with E-state index >= 15 is 0 Å². The number of aryl methyl sites for hydroxylation is 2. The highest BCUT2D eigenvalue weighted by molar-refractivity contribution is 5.95. The second-order valence-corrected chi connectivity index (χ2v) is 6.16. The van der Waals surface area contributed by atoms with Gasteiger partial charge in [0.05, 0.1) is 17.5 Å². The third-order valence-electron chi connectivity index (χ3n) is 3.86. The number of non-ortho nitro benzene ring substituents is 1. The molecule has 0 atom stereocenters. The summed E-state index contributed by atoms with van der Waals surface area (Å²) < 4.78 is 5.29. The molecule has 2 rings (SSSR count). The Bertz CT molecular complexity index is 866. The number of anilines is 1. The Balaban J connectivity index is 1.87. The van der Waals surface area contributed by atoms with E-state index in [-0.39, 0.29) is 30.5 Å². The van der Waals surface area contributed by atoms with Crippen LogP contribution in [0.25, 0.3) is 0 Å². The number of nitro groups is 1. The second-order valence-electron chi connectivity index (χ2n) is 6.16. The highest BCUT2D eigenvalue weighted by atomic mass is 16.6. The van der Waals surface area contributed by atoms with Gasteiger partial charge < -0.3 is 15.0 Å². The molecule has 142 valence electrons. The quantitative estimate of drug-likeness (QED) is 0.595. The summed E-state index contributed by atoms with van der Waals surface area (Å²) in [6.07, 6.45) is 0. The molecular formula is C19H21N3O5. The van der Waals surface area contributed by atoms with Gasteiger partial charge in [-0.3, -0.25) is 19.7 Å². The van der Waals surface area contributed by atoms with Gasteiger partial charge in [0, 0.05) is 18.8 Å². The molecule has 0 aliphatic carbocycles. The molecule has 2 aromatic carbocycles. The average Bonchev–Trinajstić information content (AvgIpc) is 2.62. The van der Waals surface area contributed by atoms with Crippen LogP contribution in [-0.2, 0) is 9.59 Å². The Labute approximate surface area is 156 Å². The fraction of sp³-hybridized carbons (Fsp3) is 0.263. The van der Waals surface area contributed by atoms with Crippen molar-refractivity contribution in [3.8, 4) is 5.75 Å². The number of likely N-dealkylation sites (N-methyl/N-ethyl adjacent to an activating group) is 1. The number of ether oxygens (including phenoxy) is 1. The first-order valence-corrected chi connectivity index (χ1v) is 8.24. The average molecular weight is 371 g/mol. The molecule has 8 nitrogen and oxygen atoms in total. The summed E-state index contributed by atoms with van der Waals surface area (Å²) >= 11 is 0. The topological polar surface area (TPSA) is 102 Å². The number of nitrogens with one attached hydrogen (secondary N) is 1. The summed E-state index contributed by atoms with van der Waals surface area (Å²) in [5, 5.41) is 13.5. The molecule has 0 spiro atoms. The van der Waals surface area contributed by atoms with Crippen molar-refractivity contribution in [1.29, 1.82) is 0 Å². The highest BCUT2D eigenvalue weighted by Crippen LogP contribution is 2.19. The monoisotopic (exact) mass is 371 g/mol. The first kappa shape index (κ1) is 19.9. The van der Waals surface area contributed by atoms with Gasteiger partial charge in [-0.2, -0.15) is 0 Å². The van der Waals surface area contributed by atoms with E-state index in [1.54, 1.807) is 0 Å². The standard InChI is InChI=1S/C19H21N3O5/c1-13-7-8-14(2)17(9-13)20-18(23)11-21(3)19(24)12-27-16-6-4-5-15(10-16)22(25)26/h4-10H,11-12H2,1-3H3,(H,20,23). The van der Waals surface area contributed by atoms with Gasteiger partial charge in [-0.15, -0.1) is 0 Å². The lowest BCUT2D eigenvalue weighted by atomic mass is 10.1. The molecule has 0 aliphatic heterocycles. The van der Waals surface area contributed by atoms with Gasteiger partial charge in [-0.05, 0) is 37.1 Å². The van der Waals surface area contributed by atoms with Crippen LogP contribution in [0.4, 0.5) is 11.4 Å². The molecule has 0 bridgehead atoms. The molecule has 0 unspecified atom stereocenters. The van der Waals surface area contributed by atoms with Gasteiger partial charge in [0.2, 0.25) is 5.91 Å². The number of amides is 2. The molecule has 0 saturated carbocycles. The molecule has 0 radical (unpaired) electrons. The molecule has 27 heavy (non-hydrogen) atoms. The first-order valence-electron chi connectivity index (χ1n) is 8.24. The molecule has 0 aliphatic rings. The normalized spacial score (nSPS) is 10.2. The van der Waals surface area contributed by atoms with Crippen molar-refractivity contribution in [2.75, 3.05) is 25.5 Å². The van der Waals surface area contributed by atoms with E-state index in [0.29, 0.717) is 5.69 Å². The van der Waals surface area contributed by atoms with Crippen molar-refractivity contribution in [2.45, 2.75) is 13.8 Å². The molecular weight excluding hydrogens is 350 g/mol. The minimum Gasteiger partial charge on any atom is -0.484 e. The number of benzene rings is 2. The number of carbonyl (C=O) groups is 2. The smallest absolute Gasteiger partial charge is 0.273 e. The summed E-state index contributed by atoms with van der Waals surface area (Å²) in [6, 6.07) is 11.3. The molecule has 1 N–H and O–H groups in total. The molecule has 8 heteroatoms. The number of nitro benzene ring substituents is 1. The molecule has 0 saturated heterocycles. The van der Waals surface area contributed by atoms with Crippen LogP contribution in [0.3, 0.4) is 0 Å². The lowest BCUT2D eigenvalue weighted by molar-refractivity contribution is -0.384. The maximum atomic E-state index is 12.2. The Morgan fingerprint density at radius 2 is 1.93 bits per heavy atom. The third kappa shape index (κ3) is 5.81. The summed E-state index contributed by atoms with van der Waals surface area (Å²) in [6.45, 7) is 3.35. The van der Waals surface area contributed by atoms with Gasteiger partial charge in [-0.25, -0.2) is 0 Å². The maximum absolute atomic E-state index is 12.2. The van der Waals surface area contributed by atoms with Crippen LogP contribution in [0, 0.1) is 24.0 Å². The Hall–Kier alpha value is -3.42. The lowest BCUT2D eigenvalue weighted by Crippen LogP contribution is -2.37. The molecule has 2 amide bonds. The largest absolute Gasteiger partial charge is 0.484 e. The van der Waals surface area contributed by atoms with E-state index in [1.165, 1.54) is 36.2 Å². The van der Waals surface area contributed by atoms with Gasteiger partial charge in [-0.1, -0.05) is 18.2 Å². The SMILES string of the molecule is Cc1ccc(C)c(NC(=O)CN(C)C(=O)COc2cccc([N+](=O)[O-])c2)c1. The van der Waals surface area contributed by atoms with Crippen LogP contribution in [0.15, 0.2) is 42.5 Å². The number of carbonyl (C=O) groups excluding carboxylic acids is 2. The van der Waals surface area contributed by atoms with Gasteiger partial charge >= 0.3 is 0 Å². The molecule has 0 heterocycles. The zero-order valence-electron chi connectivity index (χ0n) is 15.4. The highest BCUT2D eigenvalue weighted by Gasteiger charge is 2.15. The van der Waals surface area contributed by atoms with E-state index < -0.39 is 10.8 Å². The number of rotatable bonds is 7. The zero-order valence-corrected chi connectivity index (χ0v) is 15.4. The zero-order chi connectivity index (χ0) is 20.0. The second kappa shape index (κ2) is 8.79. The Morgan fingerprint density at radius 1 is 1.19 bits per heavy atom. The number of nitrogens with zero attached hydrogens (tertiary/aromatic N) is 2. The van der Waals surface area contributed by atoms with Crippen LogP contribution in [-0.4, -0.2) is 41.8 Å². The fourth-order valence-electron chi connectivity index (χ4n) is 2.31. The third-order valence-corrected chi connectivity index (χ3v) is 3.86. The van der Waals surface area contributed by atoms with Crippen molar-refractivity contribution in [3.05, 3.63) is 63.7 Å². The van der Waals surface area contributed by atoms with E-state index in [2.05, 4.69) is 5.32 Å². The number of hydrogen-bond donors (Lipinski definition) is 1.